The summed E-state index contributed by atoms with van der Waals surface area (Å²) in [6, 6.07) is 8.46. The van der Waals surface area contributed by atoms with E-state index in [0.717, 1.165) is 10.0 Å². The fraction of sp³-hybridized carbons (Fsp3) is 0.200. The zero-order chi connectivity index (χ0) is 17.0. The number of aromatic amines is 1. The number of aromatic nitrogens is 1. The number of nitrogens with zero attached hydrogens (tertiary/aromatic N) is 2. The minimum Gasteiger partial charge on any atom is -0.322 e. The van der Waals surface area contributed by atoms with Crippen LogP contribution in [-0.2, 0) is 4.79 Å². The number of aryl methyl sites for hydroxylation is 1. The fourth-order valence-electron chi connectivity index (χ4n) is 2.12. The number of anilines is 2. The number of carbonyl (C=O) groups excluding carboxylic acids is 1. The van der Waals surface area contributed by atoms with Crippen LogP contribution in [0.15, 0.2) is 41.0 Å². The second-order valence-electron chi connectivity index (χ2n) is 5.02. The van der Waals surface area contributed by atoms with Gasteiger partial charge < -0.3 is 5.32 Å². The van der Waals surface area contributed by atoms with Gasteiger partial charge in [-0.05, 0) is 36.8 Å². The molecule has 8 heteroatoms. The predicted octanol–water partition coefficient (Wildman–Crippen LogP) is 2.55. The zero-order valence-corrected chi connectivity index (χ0v) is 14.3. The summed E-state index contributed by atoms with van der Waals surface area (Å²) in [4.78, 5) is 27.0. The number of hydrogen-bond donors (Lipinski definition) is 1. The van der Waals surface area contributed by atoms with Gasteiger partial charge in [-0.25, -0.2) is 9.88 Å². The third-order valence-corrected chi connectivity index (χ3v) is 3.73. The Morgan fingerprint density at radius 2 is 2.17 bits per heavy atom. The van der Waals surface area contributed by atoms with E-state index in [1.165, 1.54) is 11.0 Å². The van der Waals surface area contributed by atoms with Gasteiger partial charge in [0.1, 0.15) is 0 Å². The molecule has 2 rings (SSSR count). The average Bonchev–Trinajstić information content (AvgIpc) is 2.50. The van der Waals surface area contributed by atoms with Gasteiger partial charge in [0.2, 0.25) is 0 Å². The Bertz CT molecular complexity index is 751. The van der Waals surface area contributed by atoms with Crippen LogP contribution in [0.2, 0.25) is 0 Å². The van der Waals surface area contributed by atoms with Gasteiger partial charge in [0.25, 0.3) is 5.91 Å². The topological polar surface area (TPSA) is 89.6 Å². The summed E-state index contributed by atoms with van der Waals surface area (Å²) in [5, 5.41) is 13.8. The van der Waals surface area contributed by atoms with Crippen molar-refractivity contribution >= 4 is 39.0 Å². The van der Waals surface area contributed by atoms with Crippen molar-refractivity contribution in [3.05, 3.63) is 56.7 Å². The highest BCUT2D eigenvalue weighted by Gasteiger charge is 2.26. The Morgan fingerprint density at radius 3 is 2.83 bits per heavy atom. The standard InChI is InChI=1S/C15H15BrN4O3/c1-10-8-11(16)5-6-12(10)18-14(21)9-19(2)15-13(20(22)23)4-3-7-17-15/h3-8H,9H2,1-2H3,(H,18,21)/p+1. The SMILES string of the molecule is Cc1cc(Br)ccc1NC(=O)CN(C)c1[nH+]cccc1[N+](=O)[O-]. The van der Waals surface area contributed by atoms with Gasteiger partial charge in [-0.2, -0.15) is 0 Å². The minimum atomic E-state index is -0.487. The molecule has 0 bridgehead atoms. The molecule has 0 spiro atoms. The minimum absolute atomic E-state index is 0.0170. The summed E-state index contributed by atoms with van der Waals surface area (Å²) < 4.78 is 0.930. The number of halogens is 1. The Balaban J connectivity index is 2.10. The lowest BCUT2D eigenvalue weighted by molar-refractivity contribution is -0.411. The molecule has 0 atom stereocenters. The van der Waals surface area contributed by atoms with E-state index in [4.69, 9.17) is 0 Å². The maximum absolute atomic E-state index is 12.2. The highest BCUT2D eigenvalue weighted by atomic mass is 79.9. The molecule has 0 aliphatic carbocycles. The Labute approximate surface area is 141 Å². The normalized spacial score (nSPS) is 10.2. The number of nitro groups is 1. The van der Waals surface area contributed by atoms with Crippen molar-refractivity contribution in [2.75, 3.05) is 23.8 Å². The molecule has 1 aromatic carbocycles. The molecule has 120 valence electrons. The van der Waals surface area contributed by atoms with Crippen LogP contribution in [0.25, 0.3) is 0 Å². The molecule has 0 aliphatic heterocycles. The van der Waals surface area contributed by atoms with Gasteiger partial charge in [-0.1, -0.05) is 15.9 Å². The summed E-state index contributed by atoms with van der Waals surface area (Å²) in [7, 11) is 1.62. The number of nitrogens with one attached hydrogen (secondary N) is 2. The van der Waals surface area contributed by atoms with Crippen molar-refractivity contribution in [1.29, 1.82) is 0 Å². The first-order valence-electron chi connectivity index (χ1n) is 6.80. The second kappa shape index (κ2) is 7.19. The van der Waals surface area contributed by atoms with Gasteiger partial charge in [0.15, 0.2) is 6.54 Å². The molecule has 0 fully saturated rings. The number of amides is 1. The fourth-order valence-corrected chi connectivity index (χ4v) is 2.60. The van der Waals surface area contributed by atoms with Gasteiger partial charge in [0, 0.05) is 16.2 Å². The smallest absolute Gasteiger partial charge is 0.322 e. The van der Waals surface area contributed by atoms with Crippen molar-refractivity contribution in [3.8, 4) is 0 Å². The van der Waals surface area contributed by atoms with E-state index in [1.54, 1.807) is 25.4 Å². The Morgan fingerprint density at radius 1 is 1.43 bits per heavy atom. The van der Waals surface area contributed by atoms with Gasteiger partial charge in [-0.3, -0.25) is 14.9 Å². The van der Waals surface area contributed by atoms with Crippen molar-refractivity contribution in [1.82, 2.24) is 0 Å². The van der Waals surface area contributed by atoms with Crippen LogP contribution in [0, 0.1) is 17.0 Å². The molecule has 0 unspecified atom stereocenters. The molecule has 1 aromatic heterocycles. The molecule has 0 radical (unpaired) electrons. The van der Waals surface area contributed by atoms with Crippen LogP contribution in [0.4, 0.5) is 17.2 Å². The van der Waals surface area contributed by atoms with Crippen LogP contribution < -0.4 is 15.2 Å². The Hall–Kier alpha value is -2.48. The quantitative estimate of drug-likeness (QED) is 0.638. The summed E-state index contributed by atoms with van der Waals surface area (Å²) in [5.41, 5.74) is 1.55. The number of benzene rings is 1. The molecule has 0 saturated heterocycles. The largest absolute Gasteiger partial charge is 0.357 e. The first kappa shape index (κ1) is 16.9. The molecule has 2 N–H and O–H groups in total. The van der Waals surface area contributed by atoms with Crippen LogP contribution in [0.5, 0.6) is 0 Å². The molecule has 1 amide bonds. The number of carbonyl (C=O) groups is 1. The lowest BCUT2D eigenvalue weighted by Crippen LogP contribution is -2.34. The summed E-state index contributed by atoms with van der Waals surface area (Å²) >= 11 is 3.37. The number of H-pyrrole nitrogens is 1. The number of likely N-dealkylation sites (N-methyl/N-ethyl adjacent to an activating group) is 1. The van der Waals surface area contributed by atoms with E-state index in [-0.39, 0.29) is 24.0 Å². The molecular weight excluding hydrogens is 364 g/mol. The maximum Gasteiger partial charge on any atom is 0.357 e. The van der Waals surface area contributed by atoms with Gasteiger partial charge in [0.05, 0.1) is 18.2 Å². The molecule has 0 aliphatic rings. The predicted molar refractivity (Wildman–Crippen MR) is 90.4 cm³/mol. The van der Waals surface area contributed by atoms with Crippen LogP contribution in [-0.4, -0.2) is 24.4 Å². The van der Waals surface area contributed by atoms with Crippen molar-refractivity contribution in [2.45, 2.75) is 6.92 Å². The highest BCUT2D eigenvalue weighted by molar-refractivity contribution is 9.10. The molecule has 2 aromatic rings. The zero-order valence-electron chi connectivity index (χ0n) is 12.7. The first-order chi connectivity index (χ1) is 10.9. The van der Waals surface area contributed by atoms with E-state index in [0.29, 0.717) is 5.69 Å². The van der Waals surface area contributed by atoms with E-state index < -0.39 is 4.92 Å². The average molecular weight is 380 g/mol. The van der Waals surface area contributed by atoms with Gasteiger partial charge >= 0.3 is 11.5 Å². The number of hydrogen-bond acceptors (Lipinski definition) is 4. The van der Waals surface area contributed by atoms with E-state index in [2.05, 4.69) is 26.2 Å². The third-order valence-electron chi connectivity index (χ3n) is 3.23. The van der Waals surface area contributed by atoms with E-state index in [1.807, 2.05) is 19.1 Å². The number of pyridine rings is 1. The highest BCUT2D eigenvalue weighted by Crippen LogP contribution is 2.22. The number of rotatable bonds is 5. The van der Waals surface area contributed by atoms with Crippen LogP contribution >= 0.6 is 15.9 Å². The van der Waals surface area contributed by atoms with Crippen molar-refractivity contribution in [2.24, 2.45) is 0 Å². The monoisotopic (exact) mass is 379 g/mol. The van der Waals surface area contributed by atoms with Crippen molar-refractivity contribution in [3.63, 3.8) is 0 Å². The second-order valence-corrected chi connectivity index (χ2v) is 5.94. The van der Waals surface area contributed by atoms with Gasteiger partial charge in [-0.15, -0.1) is 0 Å². The van der Waals surface area contributed by atoms with E-state index in [9.17, 15) is 14.9 Å². The molecule has 0 saturated carbocycles. The summed E-state index contributed by atoms with van der Waals surface area (Å²) in [6.07, 6.45) is 1.58. The molecule has 7 nitrogen and oxygen atoms in total. The summed E-state index contributed by atoms with van der Waals surface area (Å²) in [5.74, 6) is 0.0182. The van der Waals surface area contributed by atoms with E-state index >= 15 is 0 Å². The van der Waals surface area contributed by atoms with Crippen molar-refractivity contribution < 1.29 is 14.7 Å². The summed E-state index contributed by atoms with van der Waals surface area (Å²) in [6.45, 7) is 1.87. The Kier molecular flexibility index (Phi) is 5.28. The lowest BCUT2D eigenvalue weighted by atomic mass is 10.2. The van der Waals surface area contributed by atoms with Crippen LogP contribution in [0.1, 0.15) is 5.56 Å². The van der Waals surface area contributed by atoms with Crippen LogP contribution in [0.3, 0.4) is 0 Å². The lowest BCUT2D eigenvalue weighted by Gasteiger charge is -2.12. The third kappa shape index (κ3) is 4.26. The molecule has 23 heavy (non-hydrogen) atoms. The molecular formula is C15H16BrN4O3+. The molecule has 1 heterocycles. The maximum atomic E-state index is 12.2. The first-order valence-corrected chi connectivity index (χ1v) is 7.60.